The first-order valence-corrected chi connectivity index (χ1v) is 8.90. The molecule has 1 aromatic rings. The first-order valence-electron chi connectivity index (χ1n) is 8.90. The van der Waals surface area contributed by atoms with Gasteiger partial charge >= 0.3 is 0 Å². The maximum atomic E-state index is 12.5. The Morgan fingerprint density at radius 2 is 1.58 bits per heavy atom. The van der Waals surface area contributed by atoms with Gasteiger partial charge in [0.15, 0.2) is 0 Å². The molecule has 0 aromatic heterocycles. The number of fused-ring (bicyclic) bond motifs is 1. The summed E-state index contributed by atoms with van der Waals surface area (Å²) in [5.41, 5.74) is 1.86. The van der Waals surface area contributed by atoms with Crippen molar-refractivity contribution in [2.45, 2.75) is 39.5 Å². The maximum Gasteiger partial charge on any atom is 0.244 e. The van der Waals surface area contributed by atoms with Crippen LogP contribution in [0, 0.1) is 18.8 Å². The molecule has 2 fully saturated rings. The number of likely N-dealkylation sites (tertiary alicyclic amines) is 1. The Bertz CT molecular complexity index is 750. The third-order valence-corrected chi connectivity index (χ3v) is 5.15. The van der Waals surface area contributed by atoms with E-state index < -0.39 is 5.91 Å². The zero-order valence-corrected chi connectivity index (χ0v) is 15.0. The quantitative estimate of drug-likeness (QED) is 0.807. The number of carbonyl (C=O) groups is 4. The molecule has 2 atom stereocenters. The van der Waals surface area contributed by atoms with Crippen LogP contribution >= 0.6 is 0 Å². The molecule has 138 valence electrons. The normalized spacial score (nSPS) is 22.2. The Kier molecular flexibility index (Phi) is 5.06. The number of hydrogen-bond acceptors (Lipinski definition) is 4. The Hall–Kier alpha value is -2.70. The highest BCUT2D eigenvalue weighted by molar-refractivity contribution is 6.08. The van der Waals surface area contributed by atoms with Gasteiger partial charge in [0.05, 0.1) is 11.8 Å². The predicted molar refractivity (Wildman–Crippen MR) is 96.3 cm³/mol. The third kappa shape index (κ3) is 3.47. The fraction of sp³-hybridized carbons (Fsp3) is 0.474. The largest absolute Gasteiger partial charge is 0.326 e. The van der Waals surface area contributed by atoms with Crippen molar-refractivity contribution in [1.29, 1.82) is 0 Å². The molecular weight excluding hydrogens is 334 g/mol. The second-order valence-electron chi connectivity index (χ2n) is 6.97. The van der Waals surface area contributed by atoms with Crippen LogP contribution in [0.2, 0.25) is 0 Å². The van der Waals surface area contributed by atoms with Gasteiger partial charge in [0.2, 0.25) is 23.6 Å². The fourth-order valence-corrected chi connectivity index (χ4v) is 3.82. The van der Waals surface area contributed by atoms with Gasteiger partial charge in [-0.25, -0.2) is 0 Å². The number of anilines is 2. The average molecular weight is 357 g/mol. The van der Waals surface area contributed by atoms with Crippen molar-refractivity contribution in [3.05, 3.63) is 23.8 Å². The van der Waals surface area contributed by atoms with E-state index >= 15 is 0 Å². The lowest BCUT2D eigenvalue weighted by Crippen LogP contribution is -2.38. The fourth-order valence-electron chi connectivity index (χ4n) is 3.82. The molecule has 0 spiro atoms. The van der Waals surface area contributed by atoms with Crippen molar-refractivity contribution in [3.8, 4) is 0 Å². The molecule has 1 aliphatic carbocycles. The van der Waals surface area contributed by atoms with Crippen LogP contribution in [-0.4, -0.2) is 35.1 Å². The van der Waals surface area contributed by atoms with Gasteiger partial charge in [-0.05, 0) is 37.5 Å². The molecule has 1 aromatic carbocycles. The highest BCUT2D eigenvalue weighted by Crippen LogP contribution is 2.37. The molecule has 4 amide bonds. The zero-order valence-electron chi connectivity index (χ0n) is 15.0. The van der Waals surface area contributed by atoms with Crippen LogP contribution in [0.5, 0.6) is 0 Å². The van der Waals surface area contributed by atoms with Crippen LogP contribution in [0.15, 0.2) is 18.2 Å². The number of nitrogens with one attached hydrogen (secondary N) is 2. The average Bonchev–Trinajstić information content (AvgIpc) is 2.83. The summed E-state index contributed by atoms with van der Waals surface area (Å²) in [6.07, 6.45) is 3.36. The summed E-state index contributed by atoms with van der Waals surface area (Å²) in [6, 6.07) is 5.17. The van der Waals surface area contributed by atoms with Crippen molar-refractivity contribution in [1.82, 2.24) is 4.90 Å². The molecule has 0 radical (unpaired) electrons. The number of nitrogens with zero attached hydrogens (tertiary/aromatic N) is 1. The lowest BCUT2D eigenvalue weighted by atomic mass is 9.81. The molecule has 7 nitrogen and oxygen atoms in total. The van der Waals surface area contributed by atoms with Crippen LogP contribution in [0.1, 0.15) is 38.2 Å². The topological polar surface area (TPSA) is 95.6 Å². The molecule has 1 aliphatic heterocycles. The van der Waals surface area contributed by atoms with E-state index in [1.807, 2.05) is 0 Å². The number of imide groups is 1. The van der Waals surface area contributed by atoms with Crippen LogP contribution in [-0.2, 0) is 19.2 Å². The van der Waals surface area contributed by atoms with Crippen LogP contribution < -0.4 is 10.6 Å². The number of rotatable bonds is 4. The van der Waals surface area contributed by atoms with Crippen molar-refractivity contribution in [2.75, 3.05) is 17.2 Å². The summed E-state index contributed by atoms with van der Waals surface area (Å²) < 4.78 is 0. The SMILES string of the molecule is CC(=O)Nc1cccc(NC(=O)CN2C(=O)C3CCCCC3C2=O)c1C. The van der Waals surface area contributed by atoms with E-state index in [1.165, 1.54) is 6.92 Å². The van der Waals surface area contributed by atoms with Gasteiger partial charge in [-0.3, -0.25) is 24.1 Å². The van der Waals surface area contributed by atoms with Crippen molar-refractivity contribution >= 4 is 35.0 Å². The molecule has 1 saturated carbocycles. The molecule has 0 bridgehead atoms. The summed E-state index contributed by atoms with van der Waals surface area (Å²) in [5, 5.41) is 5.44. The lowest BCUT2D eigenvalue weighted by molar-refractivity contribution is -0.142. The van der Waals surface area contributed by atoms with Crippen molar-refractivity contribution < 1.29 is 19.2 Å². The second-order valence-corrected chi connectivity index (χ2v) is 6.97. The first kappa shape index (κ1) is 18.1. The summed E-state index contributed by atoms with van der Waals surface area (Å²) in [7, 11) is 0. The number of hydrogen-bond donors (Lipinski definition) is 2. The highest BCUT2D eigenvalue weighted by atomic mass is 16.2. The standard InChI is InChI=1S/C19H23N3O4/c1-11-15(20-12(2)23)8-5-9-16(11)21-17(24)10-22-18(25)13-6-3-4-7-14(13)19(22)26/h5,8-9,13-14H,3-4,6-7,10H2,1-2H3,(H,20,23)(H,21,24). The third-order valence-electron chi connectivity index (χ3n) is 5.15. The van der Waals surface area contributed by atoms with Crippen LogP contribution in [0.4, 0.5) is 11.4 Å². The van der Waals surface area contributed by atoms with Crippen molar-refractivity contribution in [2.24, 2.45) is 11.8 Å². The Labute approximate surface area is 152 Å². The predicted octanol–water partition coefficient (Wildman–Crippen LogP) is 2.07. The minimum atomic E-state index is -0.423. The Balaban J connectivity index is 1.69. The van der Waals surface area contributed by atoms with Crippen LogP contribution in [0.25, 0.3) is 0 Å². The van der Waals surface area contributed by atoms with Crippen LogP contribution in [0.3, 0.4) is 0 Å². The summed E-state index contributed by atoms with van der Waals surface area (Å²) >= 11 is 0. The first-order chi connectivity index (χ1) is 12.4. The van der Waals surface area contributed by atoms with Gasteiger partial charge in [-0.2, -0.15) is 0 Å². The van der Waals surface area contributed by atoms with E-state index in [9.17, 15) is 19.2 Å². The van der Waals surface area contributed by atoms with Gasteiger partial charge in [0, 0.05) is 18.3 Å². The van der Waals surface area contributed by atoms with Gasteiger partial charge in [0.1, 0.15) is 6.54 Å². The molecule has 2 unspecified atom stereocenters. The van der Waals surface area contributed by atoms with E-state index in [4.69, 9.17) is 0 Å². The maximum absolute atomic E-state index is 12.5. The smallest absolute Gasteiger partial charge is 0.244 e. The van der Waals surface area contributed by atoms with E-state index in [0.29, 0.717) is 16.9 Å². The number of benzene rings is 1. The molecule has 1 saturated heterocycles. The minimum Gasteiger partial charge on any atom is -0.326 e. The molecule has 2 aliphatic rings. The number of amides is 4. The van der Waals surface area contributed by atoms with E-state index in [1.54, 1.807) is 25.1 Å². The molecule has 2 N–H and O–H groups in total. The molecule has 26 heavy (non-hydrogen) atoms. The minimum absolute atomic E-state index is 0.201. The monoisotopic (exact) mass is 357 g/mol. The molecule has 1 heterocycles. The summed E-state index contributed by atoms with van der Waals surface area (Å²) in [5.74, 6) is -1.58. The summed E-state index contributed by atoms with van der Waals surface area (Å²) in [4.78, 5) is 49.7. The van der Waals surface area contributed by atoms with E-state index in [-0.39, 0.29) is 36.1 Å². The Morgan fingerprint density at radius 3 is 2.12 bits per heavy atom. The van der Waals surface area contributed by atoms with Gasteiger partial charge < -0.3 is 10.6 Å². The van der Waals surface area contributed by atoms with Gasteiger partial charge in [-0.1, -0.05) is 18.9 Å². The zero-order chi connectivity index (χ0) is 18.8. The molecule has 7 heteroatoms. The Morgan fingerprint density at radius 1 is 1.04 bits per heavy atom. The summed E-state index contributed by atoms with van der Waals surface area (Å²) in [6.45, 7) is 2.92. The van der Waals surface area contributed by atoms with Gasteiger partial charge in [0.25, 0.3) is 0 Å². The van der Waals surface area contributed by atoms with E-state index in [2.05, 4.69) is 10.6 Å². The van der Waals surface area contributed by atoms with Crippen molar-refractivity contribution in [3.63, 3.8) is 0 Å². The molecular formula is C19H23N3O4. The molecule has 3 rings (SSSR count). The van der Waals surface area contributed by atoms with E-state index in [0.717, 1.165) is 30.6 Å². The lowest BCUT2D eigenvalue weighted by Gasteiger charge is -2.19. The number of carbonyl (C=O) groups excluding carboxylic acids is 4. The highest BCUT2D eigenvalue weighted by Gasteiger charge is 2.48. The second kappa shape index (κ2) is 7.27. The van der Waals surface area contributed by atoms with Gasteiger partial charge in [-0.15, -0.1) is 0 Å².